The summed E-state index contributed by atoms with van der Waals surface area (Å²) in [5, 5.41) is 21.7. The van der Waals surface area contributed by atoms with Crippen molar-refractivity contribution >= 4 is 23.8 Å². The van der Waals surface area contributed by atoms with E-state index in [1.54, 1.807) is 0 Å². The molecule has 10 nitrogen and oxygen atoms in total. The van der Waals surface area contributed by atoms with E-state index in [4.69, 9.17) is 4.74 Å². The molecule has 0 radical (unpaired) electrons. The lowest BCUT2D eigenvalue weighted by Gasteiger charge is -2.05. The van der Waals surface area contributed by atoms with Gasteiger partial charge in [0.05, 0.1) is 34.7 Å². The first kappa shape index (κ1) is 24.0. The second kappa shape index (κ2) is 14.0. The molecule has 0 unspecified atom stereocenters. The zero-order chi connectivity index (χ0) is 21.5. The lowest BCUT2D eigenvalue weighted by molar-refractivity contribution is -0.394. The van der Waals surface area contributed by atoms with Crippen LogP contribution < -0.4 is 0 Å². The minimum absolute atomic E-state index is 0.159. The molecule has 0 fully saturated rings. The van der Waals surface area contributed by atoms with Gasteiger partial charge in [-0.1, -0.05) is 44.9 Å². The second-order valence-electron chi connectivity index (χ2n) is 6.54. The number of nitrogens with zero attached hydrogens (tertiary/aromatic N) is 2. The van der Waals surface area contributed by atoms with Crippen LogP contribution in [0.5, 0.6) is 0 Å². The van der Waals surface area contributed by atoms with Gasteiger partial charge < -0.3 is 9.47 Å². The van der Waals surface area contributed by atoms with Gasteiger partial charge in [-0.15, -0.1) is 0 Å². The summed E-state index contributed by atoms with van der Waals surface area (Å²) in [6.45, 7) is 1.10. The van der Waals surface area contributed by atoms with Crippen LogP contribution >= 0.6 is 0 Å². The average Bonchev–Trinajstić information content (AvgIpc) is 2.70. The highest BCUT2D eigenvalue weighted by atomic mass is 16.6. The Kier molecular flexibility index (Phi) is 11.6. The highest BCUT2D eigenvalue weighted by molar-refractivity contribution is 5.91. The van der Waals surface area contributed by atoms with Crippen LogP contribution in [0.15, 0.2) is 18.2 Å². The van der Waals surface area contributed by atoms with Crippen molar-refractivity contribution < 1.29 is 28.9 Å². The van der Waals surface area contributed by atoms with Crippen molar-refractivity contribution in [3.8, 4) is 0 Å². The van der Waals surface area contributed by atoms with E-state index in [0.717, 1.165) is 69.6 Å². The first-order valence-electron chi connectivity index (χ1n) is 9.62. The summed E-state index contributed by atoms with van der Waals surface area (Å²) in [4.78, 5) is 42.1. The highest BCUT2D eigenvalue weighted by Crippen LogP contribution is 2.23. The molecule has 0 saturated heterocycles. The monoisotopic (exact) mass is 410 g/mol. The number of carbonyl (C=O) groups is 2. The summed E-state index contributed by atoms with van der Waals surface area (Å²) >= 11 is 0. The highest BCUT2D eigenvalue weighted by Gasteiger charge is 2.20. The molecule has 0 amide bonds. The molecule has 160 valence electrons. The van der Waals surface area contributed by atoms with E-state index in [9.17, 15) is 29.8 Å². The Bertz CT molecular complexity index is 661. The van der Waals surface area contributed by atoms with Gasteiger partial charge in [0, 0.05) is 12.1 Å². The molecule has 1 aromatic rings. The van der Waals surface area contributed by atoms with Gasteiger partial charge in [-0.05, 0) is 12.8 Å². The Hall–Kier alpha value is -3.04. The van der Waals surface area contributed by atoms with E-state index in [-0.39, 0.29) is 12.2 Å². The largest absolute Gasteiger partial charge is 0.468 e. The number of hydrogen-bond donors (Lipinski definition) is 0. The third kappa shape index (κ3) is 10.2. The van der Waals surface area contributed by atoms with Crippen LogP contribution in [0, 0.1) is 20.2 Å². The first-order valence-corrected chi connectivity index (χ1v) is 9.62. The number of hydrogen-bond acceptors (Lipinski definition) is 8. The van der Waals surface area contributed by atoms with Crippen LogP contribution in [-0.2, 0) is 14.3 Å². The van der Waals surface area contributed by atoms with Gasteiger partial charge in [0.25, 0.3) is 17.8 Å². The van der Waals surface area contributed by atoms with E-state index in [1.165, 1.54) is 0 Å². The van der Waals surface area contributed by atoms with Gasteiger partial charge in [0.2, 0.25) is 0 Å². The molecule has 0 aliphatic rings. The van der Waals surface area contributed by atoms with E-state index in [1.807, 2.05) is 0 Å². The summed E-state index contributed by atoms with van der Waals surface area (Å²) in [6, 6.07) is 2.75. The van der Waals surface area contributed by atoms with Crippen LogP contribution in [-0.4, -0.2) is 35.5 Å². The van der Waals surface area contributed by atoms with Crippen molar-refractivity contribution in [2.45, 2.75) is 57.8 Å². The predicted octanol–water partition coefficient (Wildman–Crippen LogP) is 4.34. The number of carbonyl (C=O) groups excluding carboxylic acids is 2. The quantitative estimate of drug-likeness (QED) is 0.129. The number of non-ortho nitro benzene ring substituents is 2. The van der Waals surface area contributed by atoms with Crippen LogP contribution in [0.2, 0.25) is 0 Å². The molecule has 0 N–H and O–H groups in total. The lowest BCUT2D eigenvalue weighted by atomic mass is 10.1. The number of benzene rings is 1. The normalized spacial score (nSPS) is 10.3. The number of unbranched alkanes of at least 4 members (excludes halogenated alkanes) is 8. The summed E-state index contributed by atoms with van der Waals surface area (Å²) in [7, 11) is 0. The van der Waals surface area contributed by atoms with Crippen LogP contribution in [0.1, 0.15) is 68.1 Å². The number of ether oxygens (including phenoxy) is 2. The van der Waals surface area contributed by atoms with Crippen molar-refractivity contribution in [1.82, 2.24) is 0 Å². The van der Waals surface area contributed by atoms with Gasteiger partial charge in [-0.25, -0.2) is 4.79 Å². The minimum Gasteiger partial charge on any atom is -0.468 e. The summed E-state index contributed by atoms with van der Waals surface area (Å²) in [6.07, 6.45) is 8.91. The average molecular weight is 410 g/mol. The smallest absolute Gasteiger partial charge is 0.338 e. The zero-order valence-electron chi connectivity index (χ0n) is 16.2. The van der Waals surface area contributed by atoms with Gasteiger partial charge >= 0.3 is 5.97 Å². The Morgan fingerprint density at radius 1 is 0.793 bits per heavy atom. The minimum atomic E-state index is -0.810. The maximum absolute atomic E-state index is 12.0. The summed E-state index contributed by atoms with van der Waals surface area (Å²) in [5.74, 6) is -0.810. The van der Waals surface area contributed by atoms with Gasteiger partial charge in [0.15, 0.2) is 0 Å². The number of nitro groups is 2. The van der Waals surface area contributed by atoms with E-state index in [2.05, 4.69) is 4.74 Å². The van der Waals surface area contributed by atoms with Crippen molar-refractivity contribution in [3.05, 3.63) is 44.0 Å². The fourth-order valence-corrected chi connectivity index (χ4v) is 2.75. The molecule has 0 saturated carbocycles. The SMILES string of the molecule is O=COCCCCCCCCCCCOC(=O)c1cc([N+](=O)[O-])cc([N+](=O)[O-])c1. The molecule has 0 spiro atoms. The molecule has 0 heterocycles. The molecule has 0 aromatic heterocycles. The molecular formula is C19H26N2O8. The Labute approximate surface area is 168 Å². The molecule has 0 aliphatic carbocycles. The van der Waals surface area contributed by atoms with E-state index >= 15 is 0 Å². The molecule has 0 aliphatic heterocycles. The van der Waals surface area contributed by atoms with Crippen molar-refractivity contribution in [1.29, 1.82) is 0 Å². The van der Waals surface area contributed by atoms with Gasteiger partial charge in [-0.2, -0.15) is 0 Å². The van der Waals surface area contributed by atoms with Crippen LogP contribution in [0.4, 0.5) is 11.4 Å². The van der Waals surface area contributed by atoms with Gasteiger partial charge in [-0.3, -0.25) is 25.0 Å². The van der Waals surface area contributed by atoms with Crippen LogP contribution in [0.3, 0.4) is 0 Å². The molecule has 1 rings (SSSR count). The molecule has 1 aromatic carbocycles. The Morgan fingerprint density at radius 2 is 1.24 bits per heavy atom. The van der Waals surface area contributed by atoms with E-state index < -0.39 is 27.2 Å². The molecule has 0 bridgehead atoms. The predicted molar refractivity (Wildman–Crippen MR) is 104 cm³/mol. The summed E-state index contributed by atoms with van der Waals surface area (Å²) in [5.41, 5.74) is -1.26. The third-order valence-electron chi connectivity index (χ3n) is 4.27. The molecular weight excluding hydrogens is 384 g/mol. The van der Waals surface area contributed by atoms with Crippen LogP contribution in [0.25, 0.3) is 0 Å². The fraction of sp³-hybridized carbons (Fsp3) is 0.579. The second-order valence-corrected chi connectivity index (χ2v) is 6.54. The Morgan fingerprint density at radius 3 is 1.69 bits per heavy atom. The van der Waals surface area contributed by atoms with Crippen molar-refractivity contribution in [2.24, 2.45) is 0 Å². The number of nitro benzene ring substituents is 2. The first-order chi connectivity index (χ1) is 14.0. The lowest BCUT2D eigenvalue weighted by Crippen LogP contribution is -2.08. The maximum atomic E-state index is 12.0. The van der Waals surface area contributed by atoms with Crippen molar-refractivity contribution in [3.63, 3.8) is 0 Å². The fourth-order valence-electron chi connectivity index (χ4n) is 2.75. The van der Waals surface area contributed by atoms with E-state index in [0.29, 0.717) is 19.5 Å². The molecule has 0 atom stereocenters. The number of rotatable bonds is 16. The van der Waals surface area contributed by atoms with Crippen molar-refractivity contribution in [2.75, 3.05) is 13.2 Å². The topological polar surface area (TPSA) is 139 Å². The van der Waals surface area contributed by atoms with Gasteiger partial charge in [0.1, 0.15) is 0 Å². The molecule has 29 heavy (non-hydrogen) atoms. The number of esters is 1. The zero-order valence-corrected chi connectivity index (χ0v) is 16.2. The maximum Gasteiger partial charge on any atom is 0.338 e. The molecule has 10 heteroatoms. The Balaban J connectivity index is 2.19. The third-order valence-corrected chi connectivity index (χ3v) is 4.27. The summed E-state index contributed by atoms with van der Waals surface area (Å²) < 4.78 is 9.69. The standard InChI is InChI=1S/C19H26N2O8/c22-15-28-10-8-6-4-2-1-3-5-7-9-11-29-19(23)16-12-17(20(24)25)14-18(13-16)21(26)27/h12-15H,1-11H2.